The van der Waals surface area contributed by atoms with Gasteiger partial charge in [0.1, 0.15) is 6.54 Å². The third kappa shape index (κ3) is 3.57. The second-order valence-corrected chi connectivity index (χ2v) is 6.20. The van der Waals surface area contributed by atoms with Crippen LogP contribution in [-0.4, -0.2) is 41.6 Å². The third-order valence-corrected chi connectivity index (χ3v) is 4.21. The molecule has 0 spiro atoms. The van der Waals surface area contributed by atoms with Crippen LogP contribution in [-0.2, 0) is 4.79 Å². The number of anilines is 1. The lowest BCUT2D eigenvalue weighted by molar-refractivity contribution is -0.116. The van der Waals surface area contributed by atoms with Gasteiger partial charge in [-0.3, -0.25) is 24.1 Å². The second-order valence-electron chi connectivity index (χ2n) is 6.20. The zero-order chi connectivity index (χ0) is 19.6. The van der Waals surface area contributed by atoms with Crippen molar-refractivity contribution in [3.05, 3.63) is 64.7 Å². The summed E-state index contributed by atoms with van der Waals surface area (Å²) in [6.07, 6.45) is 0. The number of carbonyl (C=O) groups is 4. The van der Waals surface area contributed by atoms with Crippen molar-refractivity contribution in [2.45, 2.75) is 13.8 Å². The number of rotatable bonds is 5. The van der Waals surface area contributed by atoms with Crippen molar-refractivity contribution in [3.63, 3.8) is 0 Å². The van der Waals surface area contributed by atoms with Crippen molar-refractivity contribution < 1.29 is 19.2 Å². The normalized spacial score (nSPS) is 12.7. The number of aryl methyl sites for hydroxylation is 1. The molecule has 1 aliphatic heterocycles. The van der Waals surface area contributed by atoms with E-state index in [4.69, 9.17) is 0 Å². The second kappa shape index (κ2) is 7.41. The van der Waals surface area contributed by atoms with Crippen molar-refractivity contribution >= 4 is 29.3 Å². The monoisotopic (exact) mass is 365 g/mol. The van der Waals surface area contributed by atoms with Crippen LogP contribution in [0.1, 0.15) is 43.6 Å². The van der Waals surface area contributed by atoms with E-state index in [9.17, 15) is 19.2 Å². The topological polar surface area (TPSA) is 95.6 Å². The number of hydrogen-bond acceptors (Lipinski definition) is 4. The number of hydrogen-bond donors (Lipinski definition) is 2. The Balaban J connectivity index is 1.77. The van der Waals surface area contributed by atoms with Crippen LogP contribution < -0.4 is 10.6 Å². The summed E-state index contributed by atoms with van der Waals surface area (Å²) in [6, 6.07) is 11.5. The van der Waals surface area contributed by atoms with Crippen LogP contribution in [0.5, 0.6) is 0 Å². The Hall–Kier alpha value is -3.48. The van der Waals surface area contributed by atoms with E-state index in [0.29, 0.717) is 17.8 Å². The molecule has 7 heteroatoms. The summed E-state index contributed by atoms with van der Waals surface area (Å²) in [7, 11) is 0. The van der Waals surface area contributed by atoms with E-state index in [-0.39, 0.29) is 17.0 Å². The molecule has 4 amide bonds. The van der Waals surface area contributed by atoms with E-state index in [1.54, 1.807) is 49.4 Å². The SMILES string of the molecule is CCNC(=O)c1cc(C)ccc1NC(=O)CN1C(=O)c2ccccc2C1=O. The number of fused-ring (bicyclic) bond motifs is 1. The van der Waals surface area contributed by atoms with E-state index in [0.717, 1.165) is 10.5 Å². The minimum atomic E-state index is -0.557. The van der Waals surface area contributed by atoms with E-state index in [1.807, 2.05) is 6.92 Å². The van der Waals surface area contributed by atoms with Gasteiger partial charge in [-0.05, 0) is 38.1 Å². The van der Waals surface area contributed by atoms with Crippen LogP contribution in [0, 0.1) is 6.92 Å². The molecule has 0 saturated carbocycles. The number of nitrogens with one attached hydrogen (secondary N) is 2. The molecule has 2 aromatic rings. The minimum Gasteiger partial charge on any atom is -0.352 e. The van der Waals surface area contributed by atoms with E-state index >= 15 is 0 Å². The van der Waals surface area contributed by atoms with Gasteiger partial charge in [0, 0.05) is 6.54 Å². The largest absolute Gasteiger partial charge is 0.352 e. The zero-order valence-electron chi connectivity index (χ0n) is 15.0. The van der Waals surface area contributed by atoms with Crippen LogP contribution in [0.25, 0.3) is 0 Å². The Morgan fingerprint density at radius 1 is 1.00 bits per heavy atom. The molecule has 3 rings (SSSR count). The quantitative estimate of drug-likeness (QED) is 0.792. The highest BCUT2D eigenvalue weighted by molar-refractivity contribution is 6.22. The first-order valence-corrected chi connectivity index (χ1v) is 8.56. The molecule has 27 heavy (non-hydrogen) atoms. The maximum Gasteiger partial charge on any atom is 0.262 e. The fourth-order valence-electron chi connectivity index (χ4n) is 2.93. The number of benzene rings is 2. The predicted molar refractivity (Wildman–Crippen MR) is 99.6 cm³/mol. The molecule has 0 saturated heterocycles. The third-order valence-electron chi connectivity index (χ3n) is 4.21. The molecule has 1 aliphatic rings. The van der Waals surface area contributed by atoms with Crippen LogP contribution in [0.15, 0.2) is 42.5 Å². The maximum atomic E-state index is 12.4. The number of amides is 4. The van der Waals surface area contributed by atoms with Gasteiger partial charge in [-0.1, -0.05) is 23.8 Å². The molecule has 0 radical (unpaired) electrons. The molecule has 2 aromatic carbocycles. The van der Waals surface area contributed by atoms with E-state index in [1.165, 1.54) is 0 Å². The number of carbonyl (C=O) groups excluding carboxylic acids is 4. The van der Waals surface area contributed by atoms with Gasteiger partial charge in [0.2, 0.25) is 5.91 Å². The molecule has 0 aliphatic carbocycles. The molecule has 1 heterocycles. The van der Waals surface area contributed by atoms with Gasteiger partial charge in [-0.25, -0.2) is 0 Å². The Morgan fingerprint density at radius 2 is 1.63 bits per heavy atom. The first-order chi connectivity index (χ1) is 12.9. The van der Waals surface area contributed by atoms with Crippen molar-refractivity contribution in [1.29, 1.82) is 0 Å². The molecule has 0 atom stereocenters. The summed E-state index contributed by atoms with van der Waals surface area (Å²) in [4.78, 5) is 50.3. The number of nitrogens with zero attached hydrogens (tertiary/aromatic N) is 1. The first kappa shape index (κ1) is 18.3. The molecule has 0 fully saturated rings. The Bertz CT molecular complexity index is 917. The highest BCUT2D eigenvalue weighted by Gasteiger charge is 2.36. The van der Waals surface area contributed by atoms with Crippen LogP contribution in [0.3, 0.4) is 0 Å². The number of imide groups is 1. The van der Waals surface area contributed by atoms with Gasteiger partial charge in [0.15, 0.2) is 0 Å². The molecular weight excluding hydrogens is 346 g/mol. The Labute approximate surface area is 156 Å². The highest BCUT2D eigenvalue weighted by Crippen LogP contribution is 2.23. The van der Waals surface area contributed by atoms with Gasteiger partial charge in [0.25, 0.3) is 17.7 Å². The summed E-state index contributed by atoms with van der Waals surface area (Å²) in [5.41, 5.74) is 2.10. The van der Waals surface area contributed by atoms with Gasteiger partial charge in [-0.2, -0.15) is 0 Å². The minimum absolute atomic E-state index is 0.286. The predicted octanol–water partition coefficient (Wildman–Crippen LogP) is 1.98. The fraction of sp³-hybridized carbons (Fsp3) is 0.200. The van der Waals surface area contributed by atoms with Crippen molar-refractivity contribution in [2.75, 3.05) is 18.4 Å². The van der Waals surface area contributed by atoms with Crippen LogP contribution in [0.2, 0.25) is 0 Å². The lowest BCUT2D eigenvalue weighted by atomic mass is 10.1. The van der Waals surface area contributed by atoms with Gasteiger partial charge >= 0.3 is 0 Å². The lowest BCUT2D eigenvalue weighted by Crippen LogP contribution is -2.37. The molecule has 2 N–H and O–H groups in total. The van der Waals surface area contributed by atoms with Gasteiger partial charge in [0.05, 0.1) is 22.4 Å². The smallest absolute Gasteiger partial charge is 0.262 e. The fourth-order valence-corrected chi connectivity index (χ4v) is 2.93. The Morgan fingerprint density at radius 3 is 2.22 bits per heavy atom. The summed E-state index contributed by atoms with van der Waals surface area (Å²) in [5, 5.41) is 5.32. The summed E-state index contributed by atoms with van der Waals surface area (Å²) in [5.74, 6) is -1.87. The van der Waals surface area contributed by atoms with E-state index < -0.39 is 24.3 Å². The highest BCUT2D eigenvalue weighted by atomic mass is 16.2. The molecular formula is C20H19N3O4. The average molecular weight is 365 g/mol. The zero-order valence-corrected chi connectivity index (χ0v) is 15.0. The summed E-state index contributed by atoms with van der Waals surface area (Å²) >= 11 is 0. The van der Waals surface area contributed by atoms with E-state index in [2.05, 4.69) is 10.6 Å². The maximum absolute atomic E-state index is 12.4. The molecule has 0 unspecified atom stereocenters. The van der Waals surface area contributed by atoms with Crippen LogP contribution >= 0.6 is 0 Å². The van der Waals surface area contributed by atoms with Crippen molar-refractivity contribution in [1.82, 2.24) is 10.2 Å². The molecule has 7 nitrogen and oxygen atoms in total. The van der Waals surface area contributed by atoms with Crippen LogP contribution in [0.4, 0.5) is 5.69 Å². The first-order valence-electron chi connectivity index (χ1n) is 8.56. The summed E-state index contributed by atoms with van der Waals surface area (Å²) in [6.45, 7) is 3.67. The summed E-state index contributed by atoms with van der Waals surface area (Å²) < 4.78 is 0. The molecule has 0 bridgehead atoms. The van der Waals surface area contributed by atoms with Gasteiger partial charge in [-0.15, -0.1) is 0 Å². The van der Waals surface area contributed by atoms with Crippen molar-refractivity contribution in [3.8, 4) is 0 Å². The van der Waals surface area contributed by atoms with Crippen molar-refractivity contribution in [2.24, 2.45) is 0 Å². The molecule has 0 aromatic heterocycles. The molecule has 138 valence electrons. The standard InChI is InChI=1S/C20H19N3O4/c1-3-21-18(25)15-10-12(2)8-9-16(15)22-17(24)11-23-19(26)13-6-4-5-7-14(13)20(23)27/h4-10H,3,11H2,1-2H3,(H,21,25)(H,22,24). The average Bonchev–Trinajstić information content (AvgIpc) is 2.88. The van der Waals surface area contributed by atoms with Gasteiger partial charge < -0.3 is 10.6 Å². The lowest BCUT2D eigenvalue weighted by Gasteiger charge is -2.15. The Kier molecular flexibility index (Phi) is 5.03.